The van der Waals surface area contributed by atoms with Crippen LogP contribution in [0.15, 0.2) is 0 Å². The predicted molar refractivity (Wildman–Crippen MR) is 57.1 cm³/mol. The third kappa shape index (κ3) is 6.55. The maximum atomic E-state index is 12.4. The lowest BCUT2D eigenvalue weighted by molar-refractivity contribution is -0.284. The lowest BCUT2D eigenvalue weighted by Gasteiger charge is -2.19. The summed E-state index contributed by atoms with van der Waals surface area (Å²) in [6.45, 7) is 2.05. The van der Waals surface area contributed by atoms with Gasteiger partial charge in [0, 0.05) is 6.42 Å². The van der Waals surface area contributed by atoms with Gasteiger partial charge in [-0.15, -0.1) is 0 Å². The molecule has 0 saturated heterocycles. The maximum absolute atomic E-state index is 12.4. The van der Waals surface area contributed by atoms with Crippen molar-refractivity contribution in [1.29, 1.82) is 0 Å². The zero-order chi connectivity index (χ0) is 12.7. The molecule has 98 valence electrons. The smallest absolute Gasteiger partial charge is 0.196 e. The van der Waals surface area contributed by atoms with E-state index >= 15 is 0 Å². The zero-order valence-electron chi connectivity index (χ0n) is 9.25. The first kappa shape index (κ1) is 16.0. The molecule has 0 heterocycles. The first-order valence-electron chi connectivity index (χ1n) is 5.33. The van der Waals surface area contributed by atoms with E-state index in [9.17, 15) is 22.0 Å². The third-order valence-electron chi connectivity index (χ3n) is 2.09. The minimum Gasteiger partial charge on any atom is -0.196 e. The van der Waals surface area contributed by atoms with Gasteiger partial charge in [-0.3, -0.25) is 0 Å². The highest BCUT2D eigenvalue weighted by Crippen LogP contribution is 2.39. The van der Waals surface area contributed by atoms with E-state index in [0.29, 0.717) is 5.75 Å². The molecule has 0 nitrogen and oxygen atoms in total. The fourth-order valence-electron chi connectivity index (χ4n) is 1.09. The van der Waals surface area contributed by atoms with Gasteiger partial charge < -0.3 is 0 Å². The standard InChI is InChI=1S/C10H17F5S/c1-2-3-4-7-16-8-5-6-9(11,12)10(13,14)15/h2-8H2,1H3. The quantitative estimate of drug-likeness (QED) is 0.444. The molecule has 0 radical (unpaired) electrons. The van der Waals surface area contributed by atoms with Crippen LogP contribution in [-0.2, 0) is 0 Å². The van der Waals surface area contributed by atoms with Crippen LogP contribution in [0.5, 0.6) is 0 Å². The van der Waals surface area contributed by atoms with Crippen LogP contribution >= 0.6 is 11.8 Å². The average molecular weight is 264 g/mol. The number of alkyl halides is 5. The molecule has 0 saturated carbocycles. The van der Waals surface area contributed by atoms with E-state index in [0.717, 1.165) is 25.0 Å². The Kier molecular flexibility index (Phi) is 7.35. The van der Waals surface area contributed by atoms with Crippen LogP contribution in [0, 0.1) is 0 Å². The number of hydrogen-bond acceptors (Lipinski definition) is 1. The van der Waals surface area contributed by atoms with Gasteiger partial charge in [0.15, 0.2) is 0 Å². The Morgan fingerprint density at radius 3 is 1.94 bits per heavy atom. The molecule has 0 bridgehead atoms. The third-order valence-corrected chi connectivity index (χ3v) is 3.24. The second-order valence-corrected chi connectivity index (χ2v) is 4.85. The number of hydrogen-bond donors (Lipinski definition) is 0. The molecule has 0 aromatic carbocycles. The van der Waals surface area contributed by atoms with E-state index in [4.69, 9.17) is 0 Å². The van der Waals surface area contributed by atoms with Gasteiger partial charge in [-0.25, -0.2) is 0 Å². The van der Waals surface area contributed by atoms with E-state index in [2.05, 4.69) is 6.92 Å². The number of unbranched alkanes of at least 4 members (excludes halogenated alkanes) is 2. The lowest BCUT2D eigenvalue weighted by atomic mass is 10.2. The minimum absolute atomic E-state index is 0.0939. The van der Waals surface area contributed by atoms with E-state index in [1.54, 1.807) is 0 Å². The van der Waals surface area contributed by atoms with E-state index < -0.39 is 18.5 Å². The van der Waals surface area contributed by atoms with E-state index in [1.165, 1.54) is 11.8 Å². The largest absolute Gasteiger partial charge is 0.453 e. The van der Waals surface area contributed by atoms with Crippen LogP contribution < -0.4 is 0 Å². The summed E-state index contributed by atoms with van der Waals surface area (Å²) >= 11 is 1.44. The first-order valence-corrected chi connectivity index (χ1v) is 6.49. The zero-order valence-corrected chi connectivity index (χ0v) is 10.1. The van der Waals surface area contributed by atoms with Gasteiger partial charge in [0.1, 0.15) is 0 Å². The van der Waals surface area contributed by atoms with Crippen molar-refractivity contribution < 1.29 is 22.0 Å². The van der Waals surface area contributed by atoms with Gasteiger partial charge in [0.2, 0.25) is 0 Å². The van der Waals surface area contributed by atoms with Crippen molar-refractivity contribution in [3.8, 4) is 0 Å². The van der Waals surface area contributed by atoms with E-state index in [1.807, 2.05) is 0 Å². The van der Waals surface area contributed by atoms with Crippen LogP contribution in [0.4, 0.5) is 22.0 Å². The van der Waals surface area contributed by atoms with Gasteiger partial charge in [-0.2, -0.15) is 33.7 Å². The van der Waals surface area contributed by atoms with Gasteiger partial charge >= 0.3 is 12.1 Å². The molecule has 0 aromatic heterocycles. The van der Waals surface area contributed by atoms with Gasteiger partial charge in [0.05, 0.1) is 0 Å². The summed E-state index contributed by atoms with van der Waals surface area (Å²) in [7, 11) is 0. The van der Waals surface area contributed by atoms with Crippen molar-refractivity contribution in [3.05, 3.63) is 0 Å². The molecule has 0 fully saturated rings. The van der Waals surface area contributed by atoms with Crippen molar-refractivity contribution >= 4 is 11.8 Å². The van der Waals surface area contributed by atoms with Crippen molar-refractivity contribution in [1.82, 2.24) is 0 Å². The summed E-state index contributed by atoms with van der Waals surface area (Å²) in [5.41, 5.74) is 0. The van der Waals surface area contributed by atoms with Crippen molar-refractivity contribution in [2.45, 2.75) is 51.1 Å². The normalized spacial score (nSPS) is 13.1. The number of rotatable bonds is 8. The molecule has 0 aliphatic heterocycles. The second kappa shape index (κ2) is 7.35. The number of thioether (sulfide) groups is 1. The van der Waals surface area contributed by atoms with Gasteiger partial charge in [0.25, 0.3) is 0 Å². The highest BCUT2D eigenvalue weighted by molar-refractivity contribution is 7.99. The molecule has 16 heavy (non-hydrogen) atoms. The highest BCUT2D eigenvalue weighted by atomic mass is 32.2. The second-order valence-electron chi connectivity index (χ2n) is 3.63. The molecule has 0 aliphatic rings. The monoisotopic (exact) mass is 264 g/mol. The Labute approximate surface area is 97.0 Å². The molecule has 0 amide bonds. The van der Waals surface area contributed by atoms with Gasteiger partial charge in [-0.05, 0) is 24.3 Å². The van der Waals surface area contributed by atoms with E-state index in [-0.39, 0.29) is 6.42 Å². The molecule has 0 unspecified atom stereocenters. The maximum Gasteiger partial charge on any atom is 0.453 e. The molecule has 0 atom stereocenters. The highest BCUT2D eigenvalue weighted by Gasteiger charge is 2.56. The minimum atomic E-state index is -5.40. The van der Waals surface area contributed by atoms with Crippen molar-refractivity contribution in [2.75, 3.05) is 11.5 Å². The van der Waals surface area contributed by atoms with Crippen molar-refractivity contribution in [3.63, 3.8) is 0 Å². The number of halogens is 5. The Balaban J connectivity index is 3.51. The Morgan fingerprint density at radius 2 is 1.44 bits per heavy atom. The summed E-state index contributed by atoms with van der Waals surface area (Å²) in [5, 5.41) is 0. The molecule has 0 rings (SSSR count). The molecule has 0 spiro atoms. The molecular weight excluding hydrogens is 247 g/mol. The summed E-state index contributed by atoms with van der Waals surface area (Å²) in [6.07, 6.45) is -3.45. The summed E-state index contributed by atoms with van der Waals surface area (Å²) in [4.78, 5) is 0. The summed E-state index contributed by atoms with van der Waals surface area (Å²) in [5.74, 6) is -3.32. The topological polar surface area (TPSA) is 0 Å². The summed E-state index contributed by atoms with van der Waals surface area (Å²) in [6, 6.07) is 0. The van der Waals surface area contributed by atoms with Gasteiger partial charge in [-0.1, -0.05) is 19.8 Å². The van der Waals surface area contributed by atoms with Crippen LogP contribution in [-0.4, -0.2) is 23.6 Å². The Morgan fingerprint density at radius 1 is 0.875 bits per heavy atom. The Hall–Kier alpha value is -0.0000000000000000555. The molecule has 0 aromatic rings. The molecule has 0 N–H and O–H groups in total. The first-order chi connectivity index (χ1) is 7.31. The summed E-state index contributed by atoms with van der Waals surface area (Å²) < 4.78 is 60.1. The fourth-order valence-corrected chi connectivity index (χ4v) is 2.06. The Bertz CT molecular complexity index is 179. The average Bonchev–Trinajstić information content (AvgIpc) is 2.14. The molecule has 6 heteroatoms. The van der Waals surface area contributed by atoms with Crippen LogP contribution in [0.25, 0.3) is 0 Å². The van der Waals surface area contributed by atoms with Crippen LogP contribution in [0.1, 0.15) is 39.0 Å². The fraction of sp³-hybridized carbons (Fsp3) is 1.00. The van der Waals surface area contributed by atoms with Crippen LogP contribution in [0.3, 0.4) is 0 Å². The lowest BCUT2D eigenvalue weighted by Crippen LogP contribution is -2.36. The molecular formula is C10H17F5S. The van der Waals surface area contributed by atoms with Crippen molar-refractivity contribution in [2.24, 2.45) is 0 Å². The SMILES string of the molecule is CCCCCSCCCC(F)(F)C(F)(F)F. The molecule has 0 aliphatic carbocycles. The van der Waals surface area contributed by atoms with Crippen LogP contribution in [0.2, 0.25) is 0 Å². The predicted octanol–water partition coefficient (Wildman–Crippen LogP) is 4.89.